The van der Waals surface area contributed by atoms with E-state index in [0.29, 0.717) is 0 Å². The second kappa shape index (κ2) is 14.1. The van der Waals surface area contributed by atoms with Gasteiger partial charge in [0, 0.05) is 32.6 Å². The number of carbonyl (C=O) groups is 4. The summed E-state index contributed by atoms with van der Waals surface area (Å²) in [4.78, 5) is 49.9. The van der Waals surface area contributed by atoms with Crippen LogP contribution in [0.15, 0.2) is 12.2 Å². The van der Waals surface area contributed by atoms with Crippen LogP contribution in [0, 0.1) is 17.8 Å². The molecule has 0 aromatic heterocycles. The van der Waals surface area contributed by atoms with Gasteiger partial charge in [0.1, 0.15) is 24.6 Å². The van der Waals surface area contributed by atoms with Crippen molar-refractivity contribution in [2.45, 2.75) is 117 Å². The molecule has 0 spiro atoms. The van der Waals surface area contributed by atoms with Crippen LogP contribution >= 0.6 is 0 Å². The maximum atomic E-state index is 14.2. The summed E-state index contributed by atoms with van der Waals surface area (Å²) in [6, 6.07) is 0. The van der Waals surface area contributed by atoms with Gasteiger partial charge < -0.3 is 23.7 Å². The van der Waals surface area contributed by atoms with E-state index in [1.54, 1.807) is 6.92 Å². The van der Waals surface area contributed by atoms with Gasteiger partial charge in [0.2, 0.25) is 0 Å². The monoisotopic (exact) mass is 570 g/mol. The molecule has 7 atom stereocenters. The van der Waals surface area contributed by atoms with Crippen molar-refractivity contribution < 1.29 is 42.9 Å². The number of ketones is 2. The Morgan fingerprint density at radius 2 is 1.56 bits per heavy atom. The molecule has 39 heavy (non-hydrogen) atoms. The molecule has 224 valence electrons. The van der Waals surface area contributed by atoms with E-state index in [9.17, 15) is 24.3 Å². The van der Waals surface area contributed by atoms with Crippen molar-refractivity contribution in [2.24, 2.45) is 17.8 Å². The van der Waals surface area contributed by atoms with E-state index < -0.39 is 62.3 Å². The van der Waals surface area contributed by atoms with Gasteiger partial charge in [-0.3, -0.25) is 19.2 Å². The Morgan fingerprint density at radius 1 is 1.05 bits per heavy atom. The summed E-state index contributed by atoms with van der Waals surface area (Å²) in [5, 5.41) is 10.8. The molecular weight excluding hydrogens is 520 g/mol. The van der Waals surface area contributed by atoms with Crippen molar-refractivity contribution in [2.75, 3.05) is 13.2 Å². The van der Waals surface area contributed by atoms with Crippen LogP contribution in [0.5, 0.6) is 0 Å². The second-order valence-electron chi connectivity index (χ2n) is 12.3. The fraction of sp³-hybridized carbons (Fsp3) is 0.793. The Balaban J connectivity index is 3.65. The van der Waals surface area contributed by atoms with Crippen LogP contribution < -0.4 is 0 Å². The van der Waals surface area contributed by atoms with Gasteiger partial charge in [-0.25, -0.2) is 0 Å². The van der Waals surface area contributed by atoms with Crippen molar-refractivity contribution in [3.63, 3.8) is 0 Å². The highest BCUT2D eigenvalue weighted by atomic mass is 28.4. The predicted octanol–water partition coefficient (Wildman–Crippen LogP) is 4.40. The second-order valence-corrected chi connectivity index (χ2v) is 17.0. The number of epoxide rings is 1. The Hall–Kier alpha value is -1.88. The minimum absolute atomic E-state index is 0.0274. The van der Waals surface area contributed by atoms with Crippen LogP contribution in [-0.4, -0.2) is 74.1 Å². The molecule has 1 unspecified atom stereocenters. The normalized spacial score (nSPS) is 23.4. The highest BCUT2D eigenvalue weighted by molar-refractivity contribution is 6.74. The molecule has 0 radical (unpaired) electrons. The highest BCUT2D eigenvalue weighted by Gasteiger charge is 2.64. The lowest BCUT2D eigenvalue weighted by atomic mass is 9.79. The number of carbonyl (C=O) groups excluding carboxylic acids is 4. The molecule has 1 fully saturated rings. The number of aliphatic hydroxyl groups excluding tert-OH is 1. The first kappa shape index (κ1) is 35.1. The summed E-state index contributed by atoms with van der Waals surface area (Å²) < 4.78 is 23.7. The van der Waals surface area contributed by atoms with E-state index in [2.05, 4.69) is 33.9 Å². The zero-order chi connectivity index (χ0) is 30.3. The highest BCUT2D eigenvalue weighted by Crippen LogP contribution is 2.50. The maximum absolute atomic E-state index is 14.2. The standard InChI is InChI=1S/C29H50O9Si/c1-12-14-18(3)26-29(9,37-26)27(38-39(10,11)28(6,7)8)23(17-36-20(5)31)25(34)22(16-35-19(4)30)24(33)15-21(32)13-2/h12,14,18,22-24,26-27,33H,13,15-17H2,1-11H3/b14-12-/t18-,22+,23-,24+,26+,27-,29?/m0/s1. The van der Waals surface area contributed by atoms with Crippen LogP contribution in [0.2, 0.25) is 18.1 Å². The molecule has 9 nitrogen and oxygen atoms in total. The van der Waals surface area contributed by atoms with Crippen molar-refractivity contribution in [3.8, 4) is 0 Å². The Morgan fingerprint density at radius 3 is 2.00 bits per heavy atom. The minimum atomic E-state index is -2.51. The van der Waals surface area contributed by atoms with Crippen LogP contribution in [0.25, 0.3) is 0 Å². The number of ether oxygens (including phenoxy) is 3. The molecule has 1 N–H and O–H groups in total. The van der Waals surface area contributed by atoms with Gasteiger partial charge in [0.05, 0.1) is 30.1 Å². The number of rotatable bonds is 16. The molecular formula is C29H50O9Si. The first-order chi connectivity index (χ1) is 17.8. The number of hydrogen-bond donors (Lipinski definition) is 1. The fourth-order valence-corrected chi connectivity index (χ4v) is 5.89. The van der Waals surface area contributed by atoms with Crippen LogP contribution in [-0.2, 0) is 37.8 Å². The van der Waals surface area contributed by atoms with Gasteiger partial charge >= 0.3 is 11.9 Å². The summed E-state index contributed by atoms with van der Waals surface area (Å²) in [5.74, 6) is -4.16. The van der Waals surface area contributed by atoms with Crippen LogP contribution in [0.3, 0.4) is 0 Å². The molecule has 0 amide bonds. The third-order valence-corrected chi connectivity index (χ3v) is 12.4. The van der Waals surface area contributed by atoms with Gasteiger partial charge in [-0.2, -0.15) is 0 Å². The predicted molar refractivity (Wildman–Crippen MR) is 151 cm³/mol. The largest absolute Gasteiger partial charge is 0.465 e. The zero-order valence-electron chi connectivity index (χ0n) is 25.7. The van der Waals surface area contributed by atoms with Crippen molar-refractivity contribution in [1.29, 1.82) is 0 Å². The first-order valence-electron chi connectivity index (χ1n) is 13.8. The molecule has 0 aromatic rings. The molecule has 0 aromatic carbocycles. The molecule has 10 heteroatoms. The van der Waals surface area contributed by atoms with Gasteiger partial charge in [-0.1, -0.05) is 46.8 Å². The molecule has 1 aliphatic heterocycles. The van der Waals surface area contributed by atoms with Gasteiger partial charge in [0.15, 0.2) is 14.1 Å². The van der Waals surface area contributed by atoms with E-state index >= 15 is 0 Å². The SMILES string of the molecule is C/C=C\[C@H](C)[C@H]1OC1(C)[C@@H](O[Si](C)(C)C(C)(C)C)[C@@H](COC(C)=O)C(=O)[C@H](COC(C)=O)[C@H](O)CC(=O)CC. The van der Waals surface area contributed by atoms with E-state index in [4.69, 9.17) is 18.6 Å². The van der Waals surface area contributed by atoms with Crippen molar-refractivity contribution in [1.82, 2.24) is 0 Å². The van der Waals surface area contributed by atoms with E-state index in [1.165, 1.54) is 13.8 Å². The third-order valence-electron chi connectivity index (χ3n) is 7.98. The summed E-state index contributed by atoms with van der Waals surface area (Å²) in [5.41, 5.74) is -0.884. The number of esters is 2. The summed E-state index contributed by atoms with van der Waals surface area (Å²) in [7, 11) is -2.51. The smallest absolute Gasteiger partial charge is 0.302 e. The van der Waals surface area contributed by atoms with Crippen molar-refractivity contribution >= 4 is 31.8 Å². The van der Waals surface area contributed by atoms with Gasteiger partial charge in [-0.15, -0.1) is 0 Å². The number of aliphatic hydroxyl groups is 1. The lowest BCUT2D eigenvalue weighted by molar-refractivity contribution is -0.152. The quantitative estimate of drug-likeness (QED) is 0.124. The fourth-order valence-electron chi connectivity index (χ4n) is 4.51. The molecule has 1 aliphatic rings. The minimum Gasteiger partial charge on any atom is -0.465 e. The summed E-state index contributed by atoms with van der Waals surface area (Å²) in [6.45, 7) is 19.6. The average molecular weight is 571 g/mol. The molecule has 1 saturated heterocycles. The van der Waals surface area contributed by atoms with Gasteiger partial charge in [0.25, 0.3) is 0 Å². The molecule has 1 rings (SSSR count). The zero-order valence-corrected chi connectivity index (χ0v) is 26.7. The Kier molecular flexibility index (Phi) is 12.7. The first-order valence-corrected chi connectivity index (χ1v) is 16.7. The maximum Gasteiger partial charge on any atom is 0.302 e. The molecule has 1 heterocycles. The topological polar surface area (TPSA) is 129 Å². The third kappa shape index (κ3) is 9.62. The van der Waals surface area contributed by atoms with Crippen LogP contribution in [0.4, 0.5) is 0 Å². The Bertz CT molecular complexity index is 907. The Labute approximate surface area is 235 Å². The molecule has 0 saturated carbocycles. The van der Waals surface area contributed by atoms with E-state index in [0.717, 1.165) is 0 Å². The number of Topliss-reactive ketones (excluding diaryl/α,β-unsaturated/α-hetero) is 2. The molecule has 0 bridgehead atoms. The number of allylic oxidation sites excluding steroid dienone is 1. The van der Waals surface area contributed by atoms with Crippen LogP contribution in [0.1, 0.15) is 75.2 Å². The summed E-state index contributed by atoms with van der Waals surface area (Å²) >= 11 is 0. The van der Waals surface area contributed by atoms with Gasteiger partial charge in [-0.05, 0) is 32.0 Å². The van der Waals surface area contributed by atoms with E-state index in [1.807, 2.05) is 32.9 Å². The number of hydrogen-bond acceptors (Lipinski definition) is 9. The lowest BCUT2D eigenvalue weighted by Crippen LogP contribution is -2.55. The van der Waals surface area contributed by atoms with E-state index in [-0.39, 0.29) is 42.3 Å². The lowest BCUT2D eigenvalue weighted by Gasteiger charge is -2.43. The summed E-state index contributed by atoms with van der Waals surface area (Å²) in [6.07, 6.45) is 1.42. The average Bonchev–Trinajstić information content (AvgIpc) is 3.50. The van der Waals surface area contributed by atoms with Crippen molar-refractivity contribution in [3.05, 3.63) is 12.2 Å². The molecule has 0 aliphatic carbocycles.